The number of aryl methyl sites for hydroxylation is 1. The molecule has 0 bridgehead atoms. The summed E-state index contributed by atoms with van der Waals surface area (Å²) in [5.74, 6) is 0.209. The van der Waals surface area contributed by atoms with Gasteiger partial charge in [0.05, 0.1) is 7.11 Å². The summed E-state index contributed by atoms with van der Waals surface area (Å²) < 4.78 is 9.72. The zero-order chi connectivity index (χ0) is 10.6. The van der Waals surface area contributed by atoms with E-state index in [9.17, 15) is 9.59 Å². The molecule has 4 nitrogen and oxygen atoms in total. The van der Waals surface area contributed by atoms with Gasteiger partial charge in [0.25, 0.3) is 0 Å². The van der Waals surface area contributed by atoms with Crippen LogP contribution in [0.3, 0.4) is 0 Å². The van der Waals surface area contributed by atoms with Crippen LogP contribution in [0, 0.1) is 0 Å². The third-order valence-corrected chi connectivity index (χ3v) is 1.83. The molecule has 0 saturated heterocycles. The van der Waals surface area contributed by atoms with Crippen molar-refractivity contribution in [3.63, 3.8) is 0 Å². The highest BCUT2D eigenvalue weighted by Crippen LogP contribution is 2.17. The molecule has 0 aromatic carbocycles. The number of aldehydes is 1. The van der Waals surface area contributed by atoms with Crippen LogP contribution < -0.4 is 0 Å². The van der Waals surface area contributed by atoms with E-state index in [1.54, 1.807) is 0 Å². The molecule has 1 heterocycles. The predicted molar refractivity (Wildman–Crippen MR) is 49.4 cm³/mol. The number of carbonyl (C=O) groups excluding carboxylic acids is 2. The molecule has 4 heteroatoms. The number of esters is 1. The molecule has 0 fully saturated rings. The average molecular weight is 196 g/mol. The lowest BCUT2D eigenvalue weighted by molar-refractivity contribution is 0.0598. The van der Waals surface area contributed by atoms with E-state index >= 15 is 0 Å². The van der Waals surface area contributed by atoms with Gasteiger partial charge < -0.3 is 9.15 Å². The van der Waals surface area contributed by atoms with Crippen LogP contribution in [0.4, 0.5) is 0 Å². The summed E-state index contributed by atoms with van der Waals surface area (Å²) in [6, 6.07) is 1.41. The topological polar surface area (TPSA) is 56.5 Å². The van der Waals surface area contributed by atoms with Crippen molar-refractivity contribution in [3.8, 4) is 0 Å². The molecule has 0 amide bonds. The van der Waals surface area contributed by atoms with Crippen LogP contribution in [0.1, 0.15) is 40.0 Å². The molecule has 0 aliphatic heterocycles. The summed E-state index contributed by atoms with van der Waals surface area (Å²) in [4.78, 5) is 21.7. The van der Waals surface area contributed by atoms with Crippen LogP contribution in [0.5, 0.6) is 0 Å². The Balaban J connectivity index is 3.04. The Hall–Kier alpha value is -1.58. The van der Waals surface area contributed by atoms with E-state index in [4.69, 9.17) is 4.42 Å². The van der Waals surface area contributed by atoms with Gasteiger partial charge in [0, 0.05) is 12.5 Å². The summed E-state index contributed by atoms with van der Waals surface area (Å²) in [7, 11) is 1.30. The van der Waals surface area contributed by atoms with Gasteiger partial charge in [-0.05, 0) is 6.42 Å². The van der Waals surface area contributed by atoms with Crippen LogP contribution in [0.15, 0.2) is 10.5 Å². The number of ether oxygens (including phenoxy) is 1. The van der Waals surface area contributed by atoms with Gasteiger partial charge in [-0.1, -0.05) is 6.92 Å². The molecule has 0 atom stereocenters. The van der Waals surface area contributed by atoms with Gasteiger partial charge in [-0.3, -0.25) is 4.79 Å². The Morgan fingerprint density at radius 3 is 2.86 bits per heavy atom. The Morgan fingerprint density at radius 2 is 2.36 bits per heavy atom. The van der Waals surface area contributed by atoms with Crippen molar-refractivity contribution in [2.75, 3.05) is 7.11 Å². The zero-order valence-corrected chi connectivity index (χ0v) is 8.20. The number of rotatable bonds is 4. The fraction of sp³-hybridized carbons (Fsp3) is 0.400. The molecular formula is C10H12O4. The van der Waals surface area contributed by atoms with Crippen LogP contribution in [0.25, 0.3) is 0 Å². The third-order valence-electron chi connectivity index (χ3n) is 1.83. The third kappa shape index (κ3) is 2.02. The molecule has 1 aromatic rings. The first-order valence-corrected chi connectivity index (χ1v) is 4.39. The second-order valence-corrected chi connectivity index (χ2v) is 2.85. The van der Waals surface area contributed by atoms with Gasteiger partial charge in [-0.2, -0.15) is 0 Å². The van der Waals surface area contributed by atoms with E-state index < -0.39 is 5.97 Å². The highest BCUT2D eigenvalue weighted by molar-refractivity contribution is 5.92. The molecular weight excluding hydrogens is 184 g/mol. The van der Waals surface area contributed by atoms with Crippen molar-refractivity contribution in [2.45, 2.75) is 19.8 Å². The van der Waals surface area contributed by atoms with Crippen molar-refractivity contribution in [1.82, 2.24) is 0 Å². The zero-order valence-electron chi connectivity index (χ0n) is 8.20. The molecule has 0 spiro atoms. The summed E-state index contributed by atoms with van der Waals surface area (Å²) in [6.45, 7) is 1.96. The van der Waals surface area contributed by atoms with Gasteiger partial charge in [0.1, 0.15) is 11.3 Å². The number of hydrogen-bond donors (Lipinski definition) is 0. The summed E-state index contributed by atoms with van der Waals surface area (Å²) in [6.07, 6.45) is 2.04. The maximum atomic E-state index is 11.2. The van der Waals surface area contributed by atoms with E-state index in [-0.39, 0.29) is 5.76 Å². The average Bonchev–Trinajstić information content (AvgIpc) is 2.61. The SMILES string of the molecule is CCCc1oc(C=O)cc1C(=O)OC. The molecule has 1 aromatic heterocycles. The Labute approximate surface area is 81.9 Å². The standard InChI is InChI=1S/C10H12O4/c1-3-4-9-8(10(12)13-2)5-7(6-11)14-9/h5-6H,3-4H2,1-2H3. The second-order valence-electron chi connectivity index (χ2n) is 2.85. The first kappa shape index (κ1) is 10.5. The van der Waals surface area contributed by atoms with E-state index in [1.807, 2.05) is 6.92 Å². The van der Waals surface area contributed by atoms with E-state index in [2.05, 4.69) is 4.74 Å². The van der Waals surface area contributed by atoms with Crippen LogP contribution in [-0.4, -0.2) is 19.4 Å². The minimum absolute atomic E-state index is 0.161. The molecule has 76 valence electrons. The first-order chi connectivity index (χ1) is 6.72. The molecule has 1 rings (SSSR count). The molecule has 0 saturated carbocycles. The molecule has 14 heavy (non-hydrogen) atoms. The lowest BCUT2D eigenvalue weighted by Gasteiger charge is -1.97. The maximum absolute atomic E-state index is 11.2. The highest BCUT2D eigenvalue weighted by Gasteiger charge is 2.17. The Kier molecular flexibility index (Phi) is 3.45. The van der Waals surface area contributed by atoms with E-state index in [1.165, 1.54) is 13.2 Å². The monoisotopic (exact) mass is 196 g/mol. The van der Waals surface area contributed by atoms with Gasteiger partial charge in [0.2, 0.25) is 0 Å². The van der Waals surface area contributed by atoms with Crippen LogP contribution >= 0.6 is 0 Å². The fourth-order valence-electron chi connectivity index (χ4n) is 1.20. The van der Waals surface area contributed by atoms with Crippen LogP contribution in [0.2, 0.25) is 0 Å². The summed E-state index contributed by atoms with van der Waals surface area (Å²) in [5, 5.41) is 0. The van der Waals surface area contributed by atoms with E-state index in [0.717, 1.165) is 6.42 Å². The molecule has 0 unspecified atom stereocenters. The smallest absolute Gasteiger partial charge is 0.341 e. The second kappa shape index (κ2) is 4.60. The summed E-state index contributed by atoms with van der Waals surface area (Å²) >= 11 is 0. The van der Waals surface area contributed by atoms with Crippen molar-refractivity contribution >= 4 is 12.3 Å². The Morgan fingerprint density at radius 1 is 1.64 bits per heavy atom. The number of furan rings is 1. The quantitative estimate of drug-likeness (QED) is 0.544. The minimum atomic E-state index is -0.467. The predicted octanol–water partition coefficient (Wildman–Crippen LogP) is 1.83. The molecule has 0 radical (unpaired) electrons. The molecule has 0 aliphatic carbocycles. The normalized spacial score (nSPS) is 9.86. The maximum Gasteiger partial charge on any atom is 0.341 e. The number of hydrogen-bond acceptors (Lipinski definition) is 4. The van der Waals surface area contributed by atoms with Crippen LogP contribution in [-0.2, 0) is 11.2 Å². The van der Waals surface area contributed by atoms with Gasteiger partial charge >= 0.3 is 5.97 Å². The highest BCUT2D eigenvalue weighted by atomic mass is 16.5. The lowest BCUT2D eigenvalue weighted by atomic mass is 10.2. The van der Waals surface area contributed by atoms with E-state index in [0.29, 0.717) is 24.0 Å². The van der Waals surface area contributed by atoms with Gasteiger partial charge in [-0.15, -0.1) is 0 Å². The molecule has 0 N–H and O–H groups in total. The van der Waals surface area contributed by atoms with Crippen molar-refractivity contribution < 1.29 is 18.7 Å². The first-order valence-electron chi connectivity index (χ1n) is 4.39. The van der Waals surface area contributed by atoms with Crippen molar-refractivity contribution in [3.05, 3.63) is 23.2 Å². The summed E-state index contributed by atoms with van der Waals surface area (Å²) in [5.41, 5.74) is 0.344. The Bertz CT molecular complexity index is 338. The van der Waals surface area contributed by atoms with Crippen molar-refractivity contribution in [2.24, 2.45) is 0 Å². The van der Waals surface area contributed by atoms with Crippen molar-refractivity contribution in [1.29, 1.82) is 0 Å². The minimum Gasteiger partial charge on any atom is -0.465 e. The largest absolute Gasteiger partial charge is 0.465 e. The number of carbonyl (C=O) groups is 2. The molecule has 0 aliphatic rings. The fourth-order valence-corrected chi connectivity index (χ4v) is 1.20. The van der Waals surface area contributed by atoms with Gasteiger partial charge in [0.15, 0.2) is 12.0 Å². The number of methoxy groups -OCH3 is 1. The van der Waals surface area contributed by atoms with Gasteiger partial charge in [-0.25, -0.2) is 4.79 Å². The lowest BCUT2D eigenvalue weighted by Crippen LogP contribution is -2.02.